The zero-order valence-electron chi connectivity index (χ0n) is 10.3. The number of carbonyl (C=O) groups excluding carboxylic acids is 1. The highest BCUT2D eigenvalue weighted by atomic mass is 16.3. The summed E-state index contributed by atoms with van der Waals surface area (Å²) in [7, 11) is 1.78. The Hall–Kier alpha value is -1.01. The van der Waals surface area contributed by atoms with Crippen LogP contribution >= 0.6 is 0 Å². The lowest BCUT2D eigenvalue weighted by Crippen LogP contribution is -2.47. The van der Waals surface area contributed by atoms with Crippen LogP contribution in [0.1, 0.15) is 20.8 Å². The fourth-order valence-electron chi connectivity index (χ4n) is 1.08. The van der Waals surface area contributed by atoms with Crippen molar-refractivity contribution in [1.82, 2.24) is 10.6 Å². The van der Waals surface area contributed by atoms with Gasteiger partial charge in [-0.2, -0.15) is 0 Å². The number of rotatable bonds is 7. The smallest absolute Gasteiger partial charge is 0.249 e. The average Bonchev–Trinajstić information content (AvgIpc) is 2.26. The van der Waals surface area contributed by atoms with E-state index in [1.807, 2.05) is 6.92 Å². The summed E-state index contributed by atoms with van der Waals surface area (Å²) in [5.41, 5.74) is -0.839. The van der Waals surface area contributed by atoms with Gasteiger partial charge >= 0.3 is 0 Å². The molecular formula is C10H21N3O3. The van der Waals surface area contributed by atoms with E-state index in [1.54, 1.807) is 20.9 Å². The van der Waals surface area contributed by atoms with E-state index in [2.05, 4.69) is 15.8 Å². The first-order chi connectivity index (χ1) is 7.38. The number of carbonyl (C=O) groups is 1. The molecule has 0 fully saturated rings. The van der Waals surface area contributed by atoms with Crippen molar-refractivity contribution in [1.29, 1.82) is 0 Å². The number of nitrogens with zero attached hydrogens (tertiary/aromatic N) is 1. The summed E-state index contributed by atoms with van der Waals surface area (Å²) in [4.78, 5) is 22.3. The predicted octanol–water partition coefficient (Wildman–Crippen LogP) is -0.136. The molecule has 0 rings (SSSR count). The van der Waals surface area contributed by atoms with Crippen molar-refractivity contribution in [3.8, 4) is 0 Å². The van der Waals surface area contributed by atoms with Crippen LogP contribution in [0.4, 0.5) is 0 Å². The Morgan fingerprint density at radius 2 is 2.06 bits per heavy atom. The second kappa shape index (κ2) is 6.55. The Morgan fingerprint density at radius 1 is 1.50 bits per heavy atom. The third-order valence-corrected chi connectivity index (χ3v) is 2.58. The van der Waals surface area contributed by atoms with Gasteiger partial charge in [0.2, 0.25) is 5.91 Å². The molecule has 0 aromatic rings. The van der Waals surface area contributed by atoms with E-state index in [9.17, 15) is 9.70 Å². The minimum absolute atomic E-state index is 0.119. The van der Waals surface area contributed by atoms with Crippen molar-refractivity contribution in [2.45, 2.75) is 32.9 Å². The van der Waals surface area contributed by atoms with E-state index in [0.717, 1.165) is 0 Å². The SMILES string of the molecule is CN[C@@H](C)CNC(=O)C(N=O)C(C)(C)CO. The number of amides is 1. The highest BCUT2D eigenvalue weighted by Gasteiger charge is 2.36. The van der Waals surface area contributed by atoms with Crippen molar-refractivity contribution < 1.29 is 9.90 Å². The van der Waals surface area contributed by atoms with Crippen LogP contribution in [0.25, 0.3) is 0 Å². The van der Waals surface area contributed by atoms with E-state index < -0.39 is 17.4 Å². The lowest BCUT2D eigenvalue weighted by molar-refractivity contribution is -0.125. The second-order valence-corrected chi connectivity index (χ2v) is 4.59. The van der Waals surface area contributed by atoms with Crippen molar-refractivity contribution in [2.24, 2.45) is 10.6 Å². The van der Waals surface area contributed by atoms with Crippen LogP contribution in [-0.4, -0.2) is 43.3 Å². The Kier molecular flexibility index (Phi) is 6.13. The van der Waals surface area contributed by atoms with Gasteiger partial charge in [0.15, 0.2) is 6.04 Å². The molecule has 0 aliphatic carbocycles. The number of nitroso groups, excluding NO2 is 1. The van der Waals surface area contributed by atoms with Crippen molar-refractivity contribution in [3.05, 3.63) is 4.91 Å². The Labute approximate surface area is 95.8 Å². The molecule has 3 N–H and O–H groups in total. The quantitative estimate of drug-likeness (QED) is 0.532. The fourth-order valence-corrected chi connectivity index (χ4v) is 1.08. The van der Waals surface area contributed by atoms with Crippen LogP contribution < -0.4 is 10.6 Å². The van der Waals surface area contributed by atoms with Crippen LogP contribution in [0.5, 0.6) is 0 Å². The van der Waals surface area contributed by atoms with E-state index in [-0.39, 0.29) is 12.6 Å². The maximum absolute atomic E-state index is 11.7. The molecule has 16 heavy (non-hydrogen) atoms. The summed E-state index contributed by atoms with van der Waals surface area (Å²) in [5, 5.41) is 17.4. The first kappa shape index (κ1) is 15.0. The van der Waals surface area contributed by atoms with Crippen molar-refractivity contribution in [3.63, 3.8) is 0 Å². The van der Waals surface area contributed by atoms with E-state index in [1.165, 1.54) is 0 Å². The predicted molar refractivity (Wildman–Crippen MR) is 62.0 cm³/mol. The van der Waals surface area contributed by atoms with Crippen LogP contribution in [0, 0.1) is 10.3 Å². The molecule has 0 radical (unpaired) electrons. The molecule has 94 valence electrons. The zero-order valence-corrected chi connectivity index (χ0v) is 10.3. The minimum Gasteiger partial charge on any atom is -0.396 e. The fraction of sp³-hybridized carbons (Fsp3) is 0.900. The van der Waals surface area contributed by atoms with Gasteiger partial charge in [0.05, 0.1) is 6.61 Å². The lowest BCUT2D eigenvalue weighted by atomic mass is 9.85. The van der Waals surface area contributed by atoms with Gasteiger partial charge in [0.25, 0.3) is 0 Å². The minimum atomic E-state index is -1.07. The Morgan fingerprint density at radius 3 is 2.44 bits per heavy atom. The number of likely N-dealkylation sites (N-methyl/N-ethyl adjacent to an activating group) is 1. The molecule has 6 nitrogen and oxygen atoms in total. The molecule has 0 spiro atoms. The van der Waals surface area contributed by atoms with E-state index in [0.29, 0.717) is 6.54 Å². The molecule has 6 heteroatoms. The number of hydrogen-bond acceptors (Lipinski definition) is 5. The standard InChI is InChI=1S/C10H21N3O3/c1-7(11-4)5-12-9(15)8(13-16)10(2,3)6-14/h7-8,11,14H,5-6H2,1-4H3,(H,12,15)/t7-,8?/m0/s1. The van der Waals surface area contributed by atoms with Crippen molar-refractivity contribution in [2.75, 3.05) is 20.2 Å². The van der Waals surface area contributed by atoms with E-state index in [4.69, 9.17) is 5.11 Å². The molecule has 0 aliphatic rings. The summed E-state index contributed by atoms with van der Waals surface area (Å²) < 4.78 is 0. The summed E-state index contributed by atoms with van der Waals surface area (Å²) in [6.45, 7) is 5.31. The lowest BCUT2D eigenvalue weighted by Gasteiger charge is -2.26. The second-order valence-electron chi connectivity index (χ2n) is 4.59. The summed E-state index contributed by atoms with van der Waals surface area (Å²) in [6.07, 6.45) is 0. The number of hydrogen-bond donors (Lipinski definition) is 3. The molecule has 0 saturated carbocycles. The molecule has 0 heterocycles. The summed E-state index contributed by atoms with van der Waals surface area (Å²) in [6, 6.07) is -0.949. The van der Waals surface area contributed by atoms with Gasteiger partial charge in [-0.15, -0.1) is 4.91 Å². The normalized spacial score (nSPS) is 15.3. The van der Waals surface area contributed by atoms with Gasteiger partial charge in [0.1, 0.15) is 0 Å². The Balaban J connectivity index is 4.38. The maximum atomic E-state index is 11.7. The molecule has 0 aromatic carbocycles. The molecule has 1 amide bonds. The zero-order chi connectivity index (χ0) is 12.8. The Bertz CT molecular complexity index is 243. The van der Waals surface area contributed by atoms with Crippen LogP contribution in [0.3, 0.4) is 0 Å². The summed E-state index contributed by atoms with van der Waals surface area (Å²) in [5.74, 6) is -0.448. The van der Waals surface area contributed by atoms with E-state index >= 15 is 0 Å². The molecular weight excluding hydrogens is 210 g/mol. The van der Waals surface area contributed by atoms with Gasteiger partial charge in [-0.25, -0.2) is 0 Å². The maximum Gasteiger partial charge on any atom is 0.249 e. The number of nitrogens with one attached hydrogen (secondary N) is 2. The molecule has 0 saturated heterocycles. The van der Waals surface area contributed by atoms with Gasteiger partial charge in [-0.3, -0.25) is 4.79 Å². The van der Waals surface area contributed by atoms with Crippen LogP contribution in [0.2, 0.25) is 0 Å². The third kappa shape index (κ3) is 4.24. The highest BCUT2D eigenvalue weighted by molar-refractivity contribution is 5.82. The van der Waals surface area contributed by atoms with Crippen LogP contribution in [0.15, 0.2) is 5.18 Å². The topological polar surface area (TPSA) is 90.8 Å². The molecule has 1 unspecified atom stereocenters. The third-order valence-electron chi connectivity index (χ3n) is 2.58. The highest BCUT2D eigenvalue weighted by Crippen LogP contribution is 2.22. The summed E-state index contributed by atoms with van der Waals surface area (Å²) >= 11 is 0. The largest absolute Gasteiger partial charge is 0.396 e. The monoisotopic (exact) mass is 231 g/mol. The van der Waals surface area contributed by atoms with Gasteiger partial charge < -0.3 is 15.7 Å². The molecule has 0 aliphatic heterocycles. The molecule has 2 atom stereocenters. The number of aliphatic hydroxyl groups excluding tert-OH is 1. The van der Waals surface area contributed by atoms with Crippen molar-refractivity contribution >= 4 is 5.91 Å². The van der Waals surface area contributed by atoms with Gasteiger partial charge in [-0.05, 0) is 14.0 Å². The first-order valence-electron chi connectivity index (χ1n) is 5.27. The molecule has 0 aromatic heterocycles. The first-order valence-corrected chi connectivity index (χ1v) is 5.27. The van der Waals surface area contributed by atoms with Gasteiger partial charge in [-0.1, -0.05) is 19.0 Å². The van der Waals surface area contributed by atoms with Gasteiger partial charge in [0, 0.05) is 18.0 Å². The van der Waals surface area contributed by atoms with Crippen LogP contribution in [-0.2, 0) is 4.79 Å². The average molecular weight is 231 g/mol. The molecule has 0 bridgehead atoms. The number of aliphatic hydroxyl groups is 1.